The standard InChI is InChI=1S/C9H9N3O2/c1-2-14-9(13)6-3-10-4-7-8(6)12-5-11-7/h3-5H,2H2,1H3,(H,11,12). The molecule has 1 N–H and O–H groups in total. The number of ether oxygens (including phenoxy) is 1. The molecule has 5 heteroatoms. The van der Waals surface area contributed by atoms with Crippen molar-refractivity contribution in [2.45, 2.75) is 6.92 Å². The van der Waals surface area contributed by atoms with Crippen molar-refractivity contribution in [3.63, 3.8) is 0 Å². The highest BCUT2D eigenvalue weighted by Crippen LogP contribution is 2.13. The van der Waals surface area contributed by atoms with Crippen LogP contribution in [0, 0.1) is 0 Å². The lowest BCUT2D eigenvalue weighted by atomic mass is 10.2. The number of pyridine rings is 1. The van der Waals surface area contributed by atoms with Gasteiger partial charge in [-0.1, -0.05) is 0 Å². The first-order valence-electron chi connectivity index (χ1n) is 4.27. The highest BCUT2D eigenvalue weighted by atomic mass is 16.5. The van der Waals surface area contributed by atoms with Crippen molar-refractivity contribution in [1.82, 2.24) is 15.0 Å². The Morgan fingerprint density at radius 1 is 1.57 bits per heavy atom. The van der Waals surface area contributed by atoms with Crippen molar-refractivity contribution >= 4 is 17.0 Å². The maximum atomic E-state index is 11.4. The van der Waals surface area contributed by atoms with E-state index < -0.39 is 5.97 Å². The van der Waals surface area contributed by atoms with E-state index in [1.54, 1.807) is 13.1 Å². The second kappa shape index (κ2) is 3.45. The third-order valence-corrected chi connectivity index (χ3v) is 1.83. The Balaban J connectivity index is 2.50. The molecule has 2 heterocycles. The summed E-state index contributed by atoms with van der Waals surface area (Å²) >= 11 is 0. The van der Waals surface area contributed by atoms with Crippen LogP contribution in [0.3, 0.4) is 0 Å². The van der Waals surface area contributed by atoms with Crippen LogP contribution < -0.4 is 0 Å². The zero-order chi connectivity index (χ0) is 9.97. The third-order valence-electron chi connectivity index (χ3n) is 1.83. The normalized spacial score (nSPS) is 10.4. The second-order valence-corrected chi connectivity index (χ2v) is 2.71. The molecule has 2 rings (SSSR count). The van der Waals surface area contributed by atoms with Crippen LogP contribution in [0.5, 0.6) is 0 Å². The number of H-pyrrole nitrogens is 1. The van der Waals surface area contributed by atoms with Crippen molar-refractivity contribution in [3.05, 3.63) is 24.3 Å². The molecule has 2 aromatic heterocycles. The minimum atomic E-state index is -0.391. The number of esters is 1. The molecule has 0 atom stereocenters. The molecule has 14 heavy (non-hydrogen) atoms. The fourth-order valence-electron chi connectivity index (χ4n) is 1.22. The van der Waals surface area contributed by atoms with Crippen LogP contribution in [0.15, 0.2) is 18.7 Å². The summed E-state index contributed by atoms with van der Waals surface area (Å²) in [5, 5.41) is 0. The SMILES string of the molecule is CCOC(=O)c1cncc2[nH]cnc12. The summed E-state index contributed by atoms with van der Waals surface area (Å²) in [6, 6.07) is 0. The van der Waals surface area contributed by atoms with Gasteiger partial charge in [0.05, 0.1) is 24.6 Å². The van der Waals surface area contributed by atoms with Crippen LogP contribution in [0.25, 0.3) is 11.0 Å². The van der Waals surface area contributed by atoms with Gasteiger partial charge in [0, 0.05) is 6.20 Å². The maximum Gasteiger partial charge on any atom is 0.341 e. The third kappa shape index (κ3) is 1.32. The number of imidazole rings is 1. The fraction of sp³-hybridized carbons (Fsp3) is 0.222. The molecule has 0 spiro atoms. The molecular weight excluding hydrogens is 182 g/mol. The number of aromatic amines is 1. The number of rotatable bonds is 2. The van der Waals surface area contributed by atoms with E-state index >= 15 is 0 Å². The van der Waals surface area contributed by atoms with E-state index in [9.17, 15) is 4.79 Å². The Bertz CT molecular complexity index is 464. The Hall–Kier alpha value is -1.91. The van der Waals surface area contributed by atoms with Gasteiger partial charge in [-0.3, -0.25) is 4.98 Å². The van der Waals surface area contributed by atoms with E-state index in [4.69, 9.17) is 4.74 Å². The van der Waals surface area contributed by atoms with Crippen molar-refractivity contribution < 1.29 is 9.53 Å². The molecule has 0 aliphatic heterocycles. The number of hydrogen-bond donors (Lipinski definition) is 1. The average molecular weight is 191 g/mol. The van der Waals surface area contributed by atoms with Crippen LogP contribution in [0.1, 0.15) is 17.3 Å². The van der Waals surface area contributed by atoms with Crippen LogP contribution in [-0.2, 0) is 4.74 Å². The largest absolute Gasteiger partial charge is 0.462 e. The molecule has 5 nitrogen and oxygen atoms in total. The summed E-state index contributed by atoms with van der Waals surface area (Å²) in [5.74, 6) is -0.391. The lowest BCUT2D eigenvalue weighted by Gasteiger charge is -2.00. The number of nitrogens with zero attached hydrogens (tertiary/aromatic N) is 2. The van der Waals surface area contributed by atoms with Gasteiger partial charge in [-0.2, -0.15) is 0 Å². The molecule has 0 aliphatic carbocycles. The van der Waals surface area contributed by atoms with Gasteiger partial charge >= 0.3 is 5.97 Å². The van der Waals surface area contributed by atoms with Crippen molar-refractivity contribution in [2.75, 3.05) is 6.61 Å². The van der Waals surface area contributed by atoms with Gasteiger partial charge in [-0.25, -0.2) is 9.78 Å². The minimum absolute atomic E-state index is 0.347. The topological polar surface area (TPSA) is 67.9 Å². The van der Waals surface area contributed by atoms with Crippen LogP contribution in [-0.4, -0.2) is 27.5 Å². The Morgan fingerprint density at radius 3 is 3.21 bits per heavy atom. The second-order valence-electron chi connectivity index (χ2n) is 2.71. The molecule has 0 aliphatic rings. The summed E-state index contributed by atoms with van der Waals surface area (Å²) in [7, 11) is 0. The first kappa shape index (κ1) is 8.68. The zero-order valence-electron chi connectivity index (χ0n) is 7.65. The first-order valence-corrected chi connectivity index (χ1v) is 4.27. The van der Waals surface area contributed by atoms with Crippen molar-refractivity contribution in [3.8, 4) is 0 Å². The molecule has 0 bridgehead atoms. The Labute approximate surface area is 80.1 Å². The summed E-state index contributed by atoms with van der Waals surface area (Å²) in [6.07, 6.45) is 4.60. The molecule has 0 saturated heterocycles. The molecule has 0 saturated carbocycles. The van der Waals surface area contributed by atoms with Crippen LogP contribution in [0.2, 0.25) is 0 Å². The van der Waals surface area contributed by atoms with E-state index in [0.29, 0.717) is 17.7 Å². The molecule has 2 aromatic rings. The number of aromatic nitrogens is 3. The fourth-order valence-corrected chi connectivity index (χ4v) is 1.22. The smallest absolute Gasteiger partial charge is 0.341 e. The van der Waals surface area contributed by atoms with E-state index in [1.807, 2.05) is 0 Å². The quantitative estimate of drug-likeness (QED) is 0.722. The van der Waals surface area contributed by atoms with E-state index in [-0.39, 0.29) is 0 Å². The van der Waals surface area contributed by atoms with E-state index in [1.165, 1.54) is 12.5 Å². The monoisotopic (exact) mass is 191 g/mol. The Kier molecular flexibility index (Phi) is 2.14. The molecule has 0 radical (unpaired) electrons. The predicted molar refractivity (Wildman–Crippen MR) is 49.8 cm³/mol. The van der Waals surface area contributed by atoms with Gasteiger partial charge in [-0.05, 0) is 6.92 Å². The van der Waals surface area contributed by atoms with Gasteiger partial charge < -0.3 is 9.72 Å². The van der Waals surface area contributed by atoms with Gasteiger partial charge in [-0.15, -0.1) is 0 Å². The summed E-state index contributed by atoms with van der Waals surface area (Å²) < 4.78 is 4.87. The molecule has 72 valence electrons. The molecule has 0 unspecified atom stereocenters. The summed E-state index contributed by atoms with van der Waals surface area (Å²) in [5.41, 5.74) is 1.72. The zero-order valence-corrected chi connectivity index (χ0v) is 7.65. The number of nitrogens with one attached hydrogen (secondary N) is 1. The van der Waals surface area contributed by atoms with E-state index in [2.05, 4.69) is 15.0 Å². The molecule has 0 amide bonds. The predicted octanol–water partition coefficient (Wildman–Crippen LogP) is 1.13. The number of hydrogen-bond acceptors (Lipinski definition) is 4. The van der Waals surface area contributed by atoms with Gasteiger partial charge in [0.2, 0.25) is 0 Å². The first-order chi connectivity index (χ1) is 6.83. The van der Waals surface area contributed by atoms with Gasteiger partial charge in [0.1, 0.15) is 11.1 Å². The highest BCUT2D eigenvalue weighted by Gasteiger charge is 2.12. The lowest BCUT2D eigenvalue weighted by Crippen LogP contribution is -2.05. The molecule has 0 aromatic carbocycles. The van der Waals surface area contributed by atoms with Crippen LogP contribution >= 0.6 is 0 Å². The van der Waals surface area contributed by atoms with Crippen LogP contribution in [0.4, 0.5) is 0 Å². The summed E-state index contributed by atoms with van der Waals surface area (Å²) in [4.78, 5) is 22.3. The van der Waals surface area contributed by atoms with Gasteiger partial charge in [0.15, 0.2) is 0 Å². The number of carbonyl (C=O) groups excluding carboxylic acids is 1. The van der Waals surface area contributed by atoms with Crippen molar-refractivity contribution in [2.24, 2.45) is 0 Å². The lowest BCUT2D eigenvalue weighted by molar-refractivity contribution is 0.0528. The van der Waals surface area contributed by atoms with Gasteiger partial charge in [0.25, 0.3) is 0 Å². The maximum absolute atomic E-state index is 11.4. The molecule has 0 fully saturated rings. The number of fused-ring (bicyclic) bond motifs is 1. The number of carbonyl (C=O) groups is 1. The average Bonchev–Trinajstić information content (AvgIpc) is 2.65. The summed E-state index contributed by atoms with van der Waals surface area (Å²) in [6.45, 7) is 2.11. The van der Waals surface area contributed by atoms with E-state index in [0.717, 1.165) is 5.52 Å². The molecular formula is C9H9N3O2. The highest BCUT2D eigenvalue weighted by molar-refractivity contribution is 6.01. The Morgan fingerprint density at radius 2 is 2.43 bits per heavy atom. The minimum Gasteiger partial charge on any atom is -0.462 e. The van der Waals surface area contributed by atoms with Crippen molar-refractivity contribution in [1.29, 1.82) is 0 Å².